The number of ether oxygens (including phenoxy) is 2. The van der Waals surface area contributed by atoms with Crippen molar-refractivity contribution in [1.29, 1.82) is 0 Å². The van der Waals surface area contributed by atoms with E-state index in [0.717, 1.165) is 16.9 Å². The van der Waals surface area contributed by atoms with Crippen LogP contribution in [0.15, 0.2) is 52.9 Å². The van der Waals surface area contributed by atoms with Crippen LogP contribution in [0.3, 0.4) is 0 Å². The first-order chi connectivity index (χ1) is 11.3. The van der Waals surface area contributed by atoms with Gasteiger partial charge in [-0.2, -0.15) is 0 Å². The van der Waals surface area contributed by atoms with Crippen LogP contribution < -0.4 is 9.47 Å². The van der Waals surface area contributed by atoms with Crippen LogP contribution in [-0.2, 0) is 6.61 Å². The van der Waals surface area contributed by atoms with Crippen molar-refractivity contribution in [2.24, 2.45) is 0 Å². The lowest BCUT2D eigenvalue weighted by Crippen LogP contribution is -1.97. The zero-order valence-corrected chi connectivity index (χ0v) is 13.2. The summed E-state index contributed by atoms with van der Waals surface area (Å²) in [5, 5.41) is 8.12. The van der Waals surface area contributed by atoms with Crippen LogP contribution in [0.4, 0.5) is 0 Å². The van der Waals surface area contributed by atoms with Crippen molar-refractivity contribution in [3.05, 3.63) is 60.0 Å². The molecular formula is C18H18N2O3. The molecule has 118 valence electrons. The molecule has 23 heavy (non-hydrogen) atoms. The Kier molecular flexibility index (Phi) is 4.57. The van der Waals surface area contributed by atoms with E-state index in [1.807, 2.05) is 62.4 Å². The molecule has 0 N–H and O–H groups in total. The highest BCUT2D eigenvalue weighted by Gasteiger charge is 2.11. The third kappa shape index (κ3) is 3.69. The Bertz CT molecular complexity index is 783. The summed E-state index contributed by atoms with van der Waals surface area (Å²) < 4.78 is 16.8. The topological polar surface area (TPSA) is 57.4 Å². The molecule has 3 aromatic rings. The van der Waals surface area contributed by atoms with Crippen molar-refractivity contribution in [1.82, 2.24) is 10.2 Å². The second-order valence-electron chi connectivity index (χ2n) is 5.01. The van der Waals surface area contributed by atoms with E-state index in [1.165, 1.54) is 0 Å². The lowest BCUT2D eigenvalue weighted by molar-refractivity contribution is 0.262. The molecule has 3 rings (SSSR count). The number of aryl methyl sites for hydroxylation is 1. The molecule has 0 fully saturated rings. The van der Waals surface area contributed by atoms with Crippen LogP contribution in [0, 0.1) is 6.92 Å². The fourth-order valence-corrected chi connectivity index (χ4v) is 2.20. The fourth-order valence-electron chi connectivity index (χ4n) is 2.20. The zero-order chi connectivity index (χ0) is 16.1. The van der Waals surface area contributed by atoms with Crippen molar-refractivity contribution in [3.8, 4) is 23.0 Å². The van der Waals surface area contributed by atoms with Crippen LogP contribution >= 0.6 is 0 Å². The number of benzene rings is 2. The Balaban J connectivity index is 1.68. The summed E-state index contributed by atoms with van der Waals surface area (Å²) in [6.45, 7) is 4.79. The van der Waals surface area contributed by atoms with Gasteiger partial charge in [-0.15, -0.1) is 10.2 Å². The molecule has 0 aliphatic carbocycles. The number of hydrogen-bond acceptors (Lipinski definition) is 5. The largest absolute Gasteiger partial charge is 0.494 e. The van der Waals surface area contributed by atoms with Crippen LogP contribution in [0.2, 0.25) is 0 Å². The quantitative estimate of drug-likeness (QED) is 0.688. The van der Waals surface area contributed by atoms with Crippen LogP contribution in [-0.4, -0.2) is 16.8 Å². The number of rotatable bonds is 6. The molecule has 0 saturated heterocycles. The Morgan fingerprint density at radius 2 is 1.74 bits per heavy atom. The van der Waals surface area contributed by atoms with Crippen molar-refractivity contribution in [2.45, 2.75) is 20.5 Å². The third-order valence-electron chi connectivity index (χ3n) is 3.32. The van der Waals surface area contributed by atoms with Crippen molar-refractivity contribution in [3.63, 3.8) is 0 Å². The summed E-state index contributed by atoms with van der Waals surface area (Å²) in [5.74, 6) is 2.41. The number of hydrogen-bond donors (Lipinski definition) is 0. The maximum atomic E-state index is 5.68. The summed E-state index contributed by atoms with van der Waals surface area (Å²) in [6.07, 6.45) is 0. The minimum Gasteiger partial charge on any atom is -0.494 e. The highest BCUT2D eigenvalue weighted by atomic mass is 16.5. The van der Waals surface area contributed by atoms with E-state index in [0.29, 0.717) is 24.1 Å². The van der Waals surface area contributed by atoms with Crippen LogP contribution in [0.1, 0.15) is 18.4 Å². The van der Waals surface area contributed by atoms with E-state index >= 15 is 0 Å². The van der Waals surface area contributed by atoms with Gasteiger partial charge in [0, 0.05) is 11.6 Å². The van der Waals surface area contributed by atoms with Gasteiger partial charge in [0.25, 0.3) is 5.89 Å². The Morgan fingerprint density at radius 1 is 0.957 bits per heavy atom. The summed E-state index contributed by atoms with van der Waals surface area (Å²) in [7, 11) is 0. The molecule has 0 amide bonds. The van der Waals surface area contributed by atoms with E-state index in [2.05, 4.69) is 10.2 Å². The molecule has 0 aliphatic rings. The second kappa shape index (κ2) is 6.96. The van der Waals surface area contributed by atoms with Gasteiger partial charge < -0.3 is 13.9 Å². The average Bonchev–Trinajstić information content (AvgIpc) is 3.03. The second-order valence-corrected chi connectivity index (χ2v) is 5.01. The van der Waals surface area contributed by atoms with Gasteiger partial charge in [0.2, 0.25) is 5.89 Å². The van der Waals surface area contributed by atoms with Gasteiger partial charge in [-0.25, -0.2) is 0 Å². The standard InChI is InChI=1S/C18H18N2O3/c1-3-21-14-8-6-9-15(11-14)22-12-17-19-20-18(23-17)16-10-5-4-7-13(16)2/h4-11H,3,12H2,1-2H3. The molecule has 0 spiro atoms. The minimum atomic E-state index is 0.217. The predicted octanol–water partition coefficient (Wildman–Crippen LogP) is 4.02. The van der Waals surface area contributed by atoms with E-state index < -0.39 is 0 Å². The lowest BCUT2D eigenvalue weighted by atomic mass is 10.1. The molecule has 0 unspecified atom stereocenters. The van der Waals surface area contributed by atoms with Gasteiger partial charge in [0.1, 0.15) is 11.5 Å². The smallest absolute Gasteiger partial charge is 0.254 e. The molecule has 5 nitrogen and oxygen atoms in total. The molecule has 0 atom stereocenters. The first-order valence-electron chi connectivity index (χ1n) is 7.50. The maximum absolute atomic E-state index is 5.68. The summed E-state index contributed by atoms with van der Waals surface area (Å²) >= 11 is 0. The van der Waals surface area contributed by atoms with E-state index in [9.17, 15) is 0 Å². The van der Waals surface area contributed by atoms with E-state index in [-0.39, 0.29) is 6.61 Å². The van der Waals surface area contributed by atoms with Gasteiger partial charge in [0.05, 0.1) is 6.61 Å². The van der Waals surface area contributed by atoms with Gasteiger partial charge >= 0.3 is 0 Å². The first-order valence-corrected chi connectivity index (χ1v) is 7.50. The zero-order valence-electron chi connectivity index (χ0n) is 13.2. The molecule has 5 heteroatoms. The minimum absolute atomic E-state index is 0.217. The molecular weight excluding hydrogens is 292 g/mol. The van der Waals surface area contributed by atoms with Gasteiger partial charge in [-0.05, 0) is 37.6 Å². The fraction of sp³-hybridized carbons (Fsp3) is 0.222. The van der Waals surface area contributed by atoms with Crippen molar-refractivity contribution < 1.29 is 13.9 Å². The van der Waals surface area contributed by atoms with E-state index in [1.54, 1.807) is 0 Å². The van der Waals surface area contributed by atoms with Gasteiger partial charge in [0.15, 0.2) is 6.61 Å². The summed E-state index contributed by atoms with van der Waals surface area (Å²) in [6, 6.07) is 15.4. The van der Waals surface area contributed by atoms with Gasteiger partial charge in [-0.3, -0.25) is 0 Å². The molecule has 0 bridgehead atoms. The van der Waals surface area contributed by atoms with Crippen LogP contribution in [0.5, 0.6) is 11.5 Å². The van der Waals surface area contributed by atoms with Gasteiger partial charge in [-0.1, -0.05) is 24.3 Å². The monoisotopic (exact) mass is 310 g/mol. The van der Waals surface area contributed by atoms with E-state index in [4.69, 9.17) is 13.9 Å². The molecule has 0 saturated carbocycles. The molecule has 1 heterocycles. The Labute approximate surface area is 134 Å². The highest BCUT2D eigenvalue weighted by Crippen LogP contribution is 2.23. The summed E-state index contributed by atoms with van der Waals surface area (Å²) in [5.41, 5.74) is 2.03. The molecule has 1 aromatic heterocycles. The molecule has 0 radical (unpaired) electrons. The average molecular weight is 310 g/mol. The number of aromatic nitrogens is 2. The van der Waals surface area contributed by atoms with Crippen molar-refractivity contribution in [2.75, 3.05) is 6.61 Å². The summed E-state index contributed by atoms with van der Waals surface area (Å²) in [4.78, 5) is 0. The predicted molar refractivity (Wildman–Crippen MR) is 86.4 cm³/mol. The van der Waals surface area contributed by atoms with Crippen LogP contribution in [0.25, 0.3) is 11.5 Å². The highest BCUT2D eigenvalue weighted by molar-refractivity contribution is 5.57. The Hall–Kier alpha value is -2.82. The lowest BCUT2D eigenvalue weighted by Gasteiger charge is -2.06. The molecule has 2 aromatic carbocycles. The number of nitrogens with zero attached hydrogens (tertiary/aromatic N) is 2. The SMILES string of the molecule is CCOc1cccc(OCc2nnc(-c3ccccc3C)o2)c1. The maximum Gasteiger partial charge on any atom is 0.254 e. The van der Waals surface area contributed by atoms with Crippen molar-refractivity contribution >= 4 is 0 Å². The normalized spacial score (nSPS) is 10.5. The Morgan fingerprint density at radius 3 is 2.52 bits per heavy atom. The third-order valence-corrected chi connectivity index (χ3v) is 3.32. The molecule has 0 aliphatic heterocycles. The first kappa shape index (κ1) is 15.1.